The van der Waals surface area contributed by atoms with Crippen molar-refractivity contribution in [3.05, 3.63) is 30.3 Å². The van der Waals surface area contributed by atoms with Gasteiger partial charge in [-0.1, -0.05) is 18.2 Å². The minimum atomic E-state index is 0.0990. The summed E-state index contributed by atoms with van der Waals surface area (Å²) < 4.78 is 0. The molecule has 1 unspecified atom stereocenters. The zero-order valence-electron chi connectivity index (χ0n) is 10.0. The summed E-state index contributed by atoms with van der Waals surface area (Å²) in [5, 5.41) is 4.22. The van der Waals surface area contributed by atoms with Gasteiger partial charge < -0.3 is 10.2 Å². The maximum absolute atomic E-state index is 5.45. The number of rotatable bonds is 1. The lowest BCUT2D eigenvalue weighted by Crippen LogP contribution is -2.60. The van der Waals surface area contributed by atoms with Gasteiger partial charge in [0, 0.05) is 17.3 Å². The molecule has 0 amide bonds. The lowest BCUT2D eigenvalue weighted by Gasteiger charge is -2.44. The Hall–Kier alpha value is -1.09. The largest absolute Gasteiger partial charge is 0.357 e. The lowest BCUT2D eigenvalue weighted by atomic mass is 9.93. The van der Waals surface area contributed by atoms with Gasteiger partial charge in [-0.2, -0.15) is 0 Å². The zero-order valence-corrected chi connectivity index (χ0v) is 10.8. The molecule has 1 aromatic carbocycles. The van der Waals surface area contributed by atoms with Crippen molar-refractivity contribution in [3.8, 4) is 0 Å². The van der Waals surface area contributed by atoms with Gasteiger partial charge in [0.05, 0.1) is 0 Å². The van der Waals surface area contributed by atoms with Crippen LogP contribution >= 0.6 is 12.2 Å². The van der Waals surface area contributed by atoms with Crippen LogP contribution in [0.3, 0.4) is 0 Å². The van der Waals surface area contributed by atoms with Gasteiger partial charge in [0.2, 0.25) is 0 Å². The fraction of sp³-hybridized carbons (Fsp3) is 0.462. The summed E-state index contributed by atoms with van der Waals surface area (Å²) in [5.41, 5.74) is 1.27. The van der Waals surface area contributed by atoms with E-state index in [1.54, 1.807) is 0 Å². The number of benzene rings is 1. The Morgan fingerprint density at radius 2 is 1.94 bits per heavy atom. The molecule has 3 heteroatoms. The van der Waals surface area contributed by atoms with Crippen molar-refractivity contribution in [1.29, 1.82) is 0 Å². The molecule has 0 bridgehead atoms. The molecule has 0 radical (unpaired) electrons. The quantitative estimate of drug-likeness (QED) is 0.752. The Kier molecular flexibility index (Phi) is 2.89. The zero-order chi connectivity index (χ0) is 11.8. The first-order valence-electron chi connectivity index (χ1n) is 5.66. The van der Waals surface area contributed by atoms with Crippen molar-refractivity contribution in [1.82, 2.24) is 5.32 Å². The van der Waals surface area contributed by atoms with Crippen molar-refractivity contribution < 1.29 is 0 Å². The van der Waals surface area contributed by atoms with E-state index in [-0.39, 0.29) is 5.54 Å². The minimum absolute atomic E-state index is 0.0990. The average molecular weight is 234 g/mol. The van der Waals surface area contributed by atoms with Crippen LogP contribution in [-0.4, -0.2) is 16.7 Å². The predicted molar refractivity (Wildman–Crippen MR) is 72.8 cm³/mol. The van der Waals surface area contributed by atoms with Gasteiger partial charge in [-0.15, -0.1) is 0 Å². The van der Waals surface area contributed by atoms with Crippen molar-refractivity contribution >= 4 is 23.0 Å². The average Bonchev–Trinajstić information content (AvgIpc) is 2.16. The molecule has 0 aliphatic carbocycles. The van der Waals surface area contributed by atoms with Crippen LogP contribution in [-0.2, 0) is 0 Å². The maximum atomic E-state index is 5.45. The topological polar surface area (TPSA) is 15.3 Å². The highest BCUT2D eigenvalue weighted by Crippen LogP contribution is 2.27. The summed E-state index contributed by atoms with van der Waals surface area (Å²) in [5.74, 6) is 0. The van der Waals surface area contributed by atoms with E-state index >= 15 is 0 Å². The van der Waals surface area contributed by atoms with E-state index in [9.17, 15) is 0 Å². The third-order valence-electron chi connectivity index (χ3n) is 2.94. The van der Waals surface area contributed by atoms with Crippen LogP contribution in [0.2, 0.25) is 0 Å². The summed E-state index contributed by atoms with van der Waals surface area (Å²) in [4.78, 5) is 2.20. The molecule has 1 aliphatic heterocycles. The highest BCUT2D eigenvalue weighted by molar-refractivity contribution is 7.80. The Bertz CT molecular complexity index is 386. The third-order valence-corrected chi connectivity index (χ3v) is 3.24. The molecular weight excluding hydrogens is 216 g/mol. The Balaban J connectivity index is 2.27. The third kappa shape index (κ3) is 2.19. The predicted octanol–water partition coefficient (Wildman–Crippen LogP) is 2.94. The molecule has 0 saturated carbocycles. The maximum Gasteiger partial charge on any atom is 0.174 e. The Morgan fingerprint density at radius 1 is 1.31 bits per heavy atom. The molecule has 1 heterocycles. The van der Waals surface area contributed by atoms with Crippen LogP contribution in [0, 0.1) is 0 Å². The molecule has 16 heavy (non-hydrogen) atoms. The van der Waals surface area contributed by atoms with Gasteiger partial charge in [0.15, 0.2) is 5.11 Å². The van der Waals surface area contributed by atoms with Crippen molar-refractivity contribution in [2.75, 3.05) is 4.90 Å². The summed E-state index contributed by atoms with van der Waals surface area (Å²) in [6.45, 7) is 6.61. The van der Waals surface area contributed by atoms with E-state index in [0.29, 0.717) is 6.04 Å². The SMILES string of the molecule is CC1CC(C)(C)NC(=S)N1c1ccccc1. The van der Waals surface area contributed by atoms with Crippen LogP contribution < -0.4 is 10.2 Å². The monoisotopic (exact) mass is 234 g/mol. The summed E-state index contributed by atoms with van der Waals surface area (Å²) >= 11 is 5.45. The van der Waals surface area contributed by atoms with E-state index < -0.39 is 0 Å². The first-order valence-corrected chi connectivity index (χ1v) is 6.07. The summed E-state index contributed by atoms with van der Waals surface area (Å²) in [6, 6.07) is 10.8. The Labute approximate surface area is 103 Å². The van der Waals surface area contributed by atoms with Crippen LogP contribution in [0.4, 0.5) is 5.69 Å². The van der Waals surface area contributed by atoms with E-state index in [4.69, 9.17) is 12.2 Å². The van der Waals surface area contributed by atoms with Gasteiger partial charge in [-0.05, 0) is 51.5 Å². The highest BCUT2D eigenvalue weighted by atomic mass is 32.1. The standard InChI is InChI=1S/C13H18N2S/c1-10-9-13(2,3)14-12(16)15(10)11-7-5-4-6-8-11/h4-8,10H,9H2,1-3H3,(H,14,16). The second kappa shape index (κ2) is 4.06. The van der Waals surface area contributed by atoms with Gasteiger partial charge >= 0.3 is 0 Å². The van der Waals surface area contributed by atoms with E-state index in [1.165, 1.54) is 5.69 Å². The molecule has 1 aromatic rings. The smallest absolute Gasteiger partial charge is 0.174 e. The number of hydrogen-bond donors (Lipinski definition) is 1. The second-order valence-corrected chi connectivity index (χ2v) is 5.46. The van der Waals surface area contributed by atoms with Gasteiger partial charge in [-0.3, -0.25) is 0 Å². The lowest BCUT2D eigenvalue weighted by molar-refractivity contribution is 0.367. The van der Waals surface area contributed by atoms with Crippen LogP contribution in [0.1, 0.15) is 27.2 Å². The molecular formula is C13H18N2S. The first kappa shape index (κ1) is 11.4. The van der Waals surface area contributed by atoms with Crippen molar-refractivity contribution in [3.63, 3.8) is 0 Å². The fourth-order valence-electron chi connectivity index (χ4n) is 2.39. The molecule has 0 spiro atoms. The van der Waals surface area contributed by atoms with Gasteiger partial charge in [0.25, 0.3) is 0 Å². The minimum Gasteiger partial charge on any atom is -0.357 e. The van der Waals surface area contributed by atoms with Crippen LogP contribution in [0.5, 0.6) is 0 Å². The van der Waals surface area contributed by atoms with E-state index in [1.807, 2.05) is 18.2 Å². The highest BCUT2D eigenvalue weighted by Gasteiger charge is 2.33. The van der Waals surface area contributed by atoms with Crippen molar-refractivity contribution in [2.45, 2.75) is 38.8 Å². The van der Waals surface area contributed by atoms with E-state index in [0.717, 1.165) is 11.5 Å². The first-order chi connectivity index (χ1) is 7.49. The normalized spacial score (nSPS) is 24.1. The number of thiocarbonyl (C=S) groups is 1. The number of para-hydroxylation sites is 1. The van der Waals surface area contributed by atoms with Crippen LogP contribution in [0.25, 0.3) is 0 Å². The molecule has 2 nitrogen and oxygen atoms in total. The number of nitrogens with zero attached hydrogens (tertiary/aromatic N) is 1. The van der Waals surface area contributed by atoms with Gasteiger partial charge in [-0.25, -0.2) is 0 Å². The van der Waals surface area contributed by atoms with Gasteiger partial charge in [0.1, 0.15) is 0 Å². The van der Waals surface area contributed by atoms with Crippen molar-refractivity contribution in [2.24, 2.45) is 0 Å². The molecule has 1 aliphatic rings. The molecule has 2 rings (SSSR count). The van der Waals surface area contributed by atoms with E-state index in [2.05, 4.69) is 43.1 Å². The molecule has 1 saturated heterocycles. The summed E-state index contributed by atoms with van der Waals surface area (Å²) in [7, 11) is 0. The number of hydrogen-bond acceptors (Lipinski definition) is 1. The Morgan fingerprint density at radius 3 is 2.50 bits per heavy atom. The molecule has 1 fully saturated rings. The summed E-state index contributed by atoms with van der Waals surface area (Å²) in [6.07, 6.45) is 1.09. The molecule has 1 N–H and O–H groups in total. The number of nitrogens with one attached hydrogen (secondary N) is 1. The molecule has 1 atom stereocenters. The molecule has 86 valence electrons. The second-order valence-electron chi connectivity index (χ2n) is 5.07. The van der Waals surface area contributed by atoms with Crippen LogP contribution in [0.15, 0.2) is 30.3 Å². The fourth-order valence-corrected chi connectivity index (χ4v) is 2.95. The molecule has 0 aromatic heterocycles. The number of anilines is 1.